The summed E-state index contributed by atoms with van der Waals surface area (Å²) < 4.78 is 6.97. The maximum Gasteiger partial charge on any atom is 0.132 e. The third-order valence-corrected chi connectivity index (χ3v) is 3.73. The maximum atomic E-state index is 6.00. The first-order valence-electron chi connectivity index (χ1n) is 6.80. The molecular weight excluding hydrogens is 314 g/mol. The molecule has 0 amide bonds. The Kier molecular flexibility index (Phi) is 4.84. The van der Waals surface area contributed by atoms with Crippen molar-refractivity contribution in [3.63, 3.8) is 0 Å². The van der Waals surface area contributed by atoms with Crippen molar-refractivity contribution in [1.82, 2.24) is 0 Å². The van der Waals surface area contributed by atoms with Crippen molar-refractivity contribution in [3.05, 3.63) is 58.1 Å². The second-order valence-corrected chi connectivity index (χ2v) is 6.21. The van der Waals surface area contributed by atoms with Gasteiger partial charge in [0.2, 0.25) is 0 Å². The van der Waals surface area contributed by atoms with Gasteiger partial charge in [0.15, 0.2) is 0 Å². The van der Waals surface area contributed by atoms with Crippen molar-refractivity contribution in [2.45, 2.75) is 32.7 Å². The van der Waals surface area contributed by atoms with E-state index in [-0.39, 0.29) is 6.04 Å². The Morgan fingerprint density at radius 3 is 2.20 bits per heavy atom. The van der Waals surface area contributed by atoms with Gasteiger partial charge in [-0.05, 0) is 48.7 Å². The van der Waals surface area contributed by atoms with E-state index in [0.29, 0.717) is 5.92 Å². The van der Waals surface area contributed by atoms with Crippen LogP contribution in [-0.2, 0) is 0 Å². The number of benzene rings is 2. The highest BCUT2D eigenvalue weighted by Gasteiger charge is 2.10. The lowest BCUT2D eigenvalue weighted by Crippen LogP contribution is -2.06. The molecule has 1 atom stereocenters. The molecule has 2 aromatic carbocycles. The summed E-state index contributed by atoms with van der Waals surface area (Å²) in [4.78, 5) is 0. The number of rotatable bonds is 4. The Bertz CT molecular complexity index is 576. The third-order valence-electron chi connectivity index (χ3n) is 3.24. The molecule has 0 heterocycles. The predicted molar refractivity (Wildman–Crippen MR) is 87.3 cm³/mol. The molecule has 2 rings (SSSR count). The molecule has 2 nitrogen and oxygen atoms in total. The zero-order chi connectivity index (χ0) is 14.7. The van der Waals surface area contributed by atoms with Crippen molar-refractivity contribution in [2.75, 3.05) is 0 Å². The number of halogens is 1. The van der Waals surface area contributed by atoms with Gasteiger partial charge in [0, 0.05) is 16.1 Å². The van der Waals surface area contributed by atoms with Gasteiger partial charge in [-0.1, -0.05) is 41.9 Å². The van der Waals surface area contributed by atoms with Crippen LogP contribution in [-0.4, -0.2) is 0 Å². The largest absolute Gasteiger partial charge is 0.457 e. The first-order chi connectivity index (χ1) is 9.47. The highest BCUT2D eigenvalue weighted by molar-refractivity contribution is 9.10. The Hall–Kier alpha value is -1.32. The minimum absolute atomic E-state index is 0.0718. The van der Waals surface area contributed by atoms with Gasteiger partial charge in [-0.15, -0.1) is 0 Å². The van der Waals surface area contributed by atoms with Crippen molar-refractivity contribution in [3.8, 4) is 11.5 Å². The van der Waals surface area contributed by atoms with E-state index in [9.17, 15) is 0 Å². The van der Waals surface area contributed by atoms with Crippen LogP contribution in [0.25, 0.3) is 0 Å². The van der Waals surface area contributed by atoms with Gasteiger partial charge < -0.3 is 10.5 Å². The molecule has 2 N–H and O–H groups in total. The summed E-state index contributed by atoms with van der Waals surface area (Å²) in [7, 11) is 0. The standard InChI is InChI=1S/C17H20BrNO/c1-11(2)13-4-7-15(8-5-13)20-17-9-6-14(18)10-16(17)12(3)19/h4-12H,19H2,1-3H3. The van der Waals surface area contributed by atoms with E-state index in [2.05, 4.69) is 41.9 Å². The minimum atomic E-state index is -0.0718. The fourth-order valence-corrected chi connectivity index (χ4v) is 2.39. The molecule has 0 aromatic heterocycles. The van der Waals surface area contributed by atoms with E-state index < -0.39 is 0 Å². The number of ether oxygens (including phenoxy) is 1. The Labute approximate surface area is 129 Å². The molecule has 0 aliphatic rings. The number of hydrogen-bond acceptors (Lipinski definition) is 2. The zero-order valence-corrected chi connectivity index (χ0v) is 13.6. The van der Waals surface area contributed by atoms with E-state index in [1.807, 2.05) is 37.3 Å². The monoisotopic (exact) mass is 333 g/mol. The second-order valence-electron chi connectivity index (χ2n) is 5.30. The van der Waals surface area contributed by atoms with Crippen LogP contribution in [0.3, 0.4) is 0 Å². The highest BCUT2D eigenvalue weighted by atomic mass is 79.9. The first kappa shape index (κ1) is 15.1. The first-order valence-corrected chi connectivity index (χ1v) is 7.59. The number of hydrogen-bond donors (Lipinski definition) is 1. The fraction of sp³-hybridized carbons (Fsp3) is 0.294. The van der Waals surface area contributed by atoms with Crippen LogP contribution in [0, 0.1) is 0 Å². The predicted octanol–water partition coefficient (Wildman–Crippen LogP) is 5.38. The molecule has 3 heteroatoms. The van der Waals surface area contributed by atoms with Crippen molar-refractivity contribution < 1.29 is 4.74 Å². The summed E-state index contributed by atoms with van der Waals surface area (Å²) in [6, 6.07) is 14.0. The molecular formula is C17H20BrNO. The second kappa shape index (κ2) is 6.42. The fourth-order valence-electron chi connectivity index (χ4n) is 2.02. The summed E-state index contributed by atoms with van der Waals surface area (Å²) in [5.41, 5.74) is 8.30. The van der Waals surface area contributed by atoms with Crippen LogP contribution in [0.1, 0.15) is 43.9 Å². The van der Waals surface area contributed by atoms with E-state index in [0.717, 1.165) is 21.5 Å². The Balaban J connectivity index is 2.25. The van der Waals surface area contributed by atoms with Gasteiger partial charge in [-0.25, -0.2) is 0 Å². The molecule has 106 valence electrons. The van der Waals surface area contributed by atoms with Crippen LogP contribution in [0.4, 0.5) is 0 Å². The molecule has 0 spiro atoms. The highest BCUT2D eigenvalue weighted by Crippen LogP contribution is 2.31. The lowest BCUT2D eigenvalue weighted by Gasteiger charge is -2.15. The van der Waals surface area contributed by atoms with Gasteiger partial charge in [0.05, 0.1) is 0 Å². The molecule has 0 bridgehead atoms. The average Bonchev–Trinajstić information content (AvgIpc) is 2.41. The van der Waals surface area contributed by atoms with Gasteiger partial charge in [-0.3, -0.25) is 0 Å². The minimum Gasteiger partial charge on any atom is -0.457 e. The zero-order valence-electron chi connectivity index (χ0n) is 12.1. The Morgan fingerprint density at radius 1 is 1.00 bits per heavy atom. The van der Waals surface area contributed by atoms with Crippen LogP contribution in [0.15, 0.2) is 46.9 Å². The molecule has 2 aromatic rings. The van der Waals surface area contributed by atoms with E-state index in [1.165, 1.54) is 5.56 Å². The molecule has 1 unspecified atom stereocenters. The van der Waals surface area contributed by atoms with Gasteiger partial charge in [0.25, 0.3) is 0 Å². The van der Waals surface area contributed by atoms with Crippen molar-refractivity contribution >= 4 is 15.9 Å². The van der Waals surface area contributed by atoms with Crippen LogP contribution >= 0.6 is 15.9 Å². The maximum absolute atomic E-state index is 6.00. The summed E-state index contributed by atoms with van der Waals surface area (Å²) in [6.07, 6.45) is 0. The molecule has 0 saturated carbocycles. The molecule has 20 heavy (non-hydrogen) atoms. The quantitative estimate of drug-likeness (QED) is 0.814. The molecule has 0 fully saturated rings. The van der Waals surface area contributed by atoms with Crippen molar-refractivity contribution in [2.24, 2.45) is 5.73 Å². The van der Waals surface area contributed by atoms with Gasteiger partial charge in [0.1, 0.15) is 11.5 Å². The summed E-state index contributed by atoms with van der Waals surface area (Å²) in [6.45, 7) is 6.31. The topological polar surface area (TPSA) is 35.2 Å². The van der Waals surface area contributed by atoms with Gasteiger partial charge >= 0.3 is 0 Å². The Morgan fingerprint density at radius 2 is 1.65 bits per heavy atom. The van der Waals surface area contributed by atoms with Crippen LogP contribution in [0.5, 0.6) is 11.5 Å². The SMILES string of the molecule is CC(C)c1ccc(Oc2ccc(Br)cc2C(C)N)cc1. The van der Waals surface area contributed by atoms with Gasteiger partial charge in [-0.2, -0.15) is 0 Å². The smallest absolute Gasteiger partial charge is 0.132 e. The molecule has 0 saturated heterocycles. The molecule has 0 aliphatic heterocycles. The summed E-state index contributed by atoms with van der Waals surface area (Å²) in [5.74, 6) is 2.16. The number of nitrogens with two attached hydrogens (primary N) is 1. The van der Waals surface area contributed by atoms with Crippen LogP contribution < -0.4 is 10.5 Å². The molecule has 0 radical (unpaired) electrons. The normalized spacial score (nSPS) is 12.5. The summed E-state index contributed by atoms with van der Waals surface area (Å²) in [5, 5.41) is 0. The third kappa shape index (κ3) is 3.62. The van der Waals surface area contributed by atoms with E-state index in [1.54, 1.807) is 0 Å². The lowest BCUT2D eigenvalue weighted by atomic mass is 10.0. The van der Waals surface area contributed by atoms with Crippen molar-refractivity contribution in [1.29, 1.82) is 0 Å². The van der Waals surface area contributed by atoms with E-state index >= 15 is 0 Å². The summed E-state index contributed by atoms with van der Waals surface area (Å²) >= 11 is 3.46. The molecule has 0 aliphatic carbocycles. The van der Waals surface area contributed by atoms with E-state index in [4.69, 9.17) is 10.5 Å². The van der Waals surface area contributed by atoms with Crippen LogP contribution in [0.2, 0.25) is 0 Å². The lowest BCUT2D eigenvalue weighted by molar-refractivity contribution is 0.471. The average molecular weight is 334 g/mol.